The fraction of sp³-hybridized carbons (Fsp3) is 0.240. The number of hydrogen-bond acceptors (Lipinski definition) is 6. The first kappa shape index (κ1) is 24.4. The maximum Gasteiger partial charge on any atom is 0.255 e. The third kappa shape index (κ3) is 5.18. The van der Waals surface area contributed by atoms with Crippen LogP contribution < -0.4 is 15.4 Å². The van der Waals surface area contributed by atoms with Crippen LogP contribution in [0.15, 0.2) is 76.2 Å². The Morgan fingerprint density at radius 2 is 1.77 bits per heavy atom. The smallest absolute Gasteiger partial charge is 0.255 e. The molecule has 3 N–H and O–H groups in total. The molecule has 2 aromatic carbocycles. The molecule has 1 fully saturated rings. The quantitative estimate of drug-likeness (QED) is 0.411. The highest BCUT2D eigenvalue weighted by atomic mass is 32.2. The molecule has 0 saturated carbocycles. The molecule has 3 amide bonds. The maximum atomic E-state index is 12.7. The van der Waals surface area contributed by atoms with Crippen molar-refractivity contribution < 1.29 is 27.2 Å². The van der Waals surface area contributed by atoms with Gasteiger partial charge in [-0.05, 0) is 66.9 Å². The van der Waals surface area contributed by atoms with Crippen LogP contribution in [0.2, 0.25) is 0 Å². The number of furan rings is 1. The van der Waals surface area contributed by atoms with E-state index in [2.05, 4.69) is 15.4 Å². The number of rotatable bonds is 8. The first-order chi connectivity index (χ1) is 16.7. The predicted octanol–water partition coefficient (Wildman–Crippen LogP) is 3.09. The minimum atomic E-state index is -3.77. The van der Waals surface area contributed by atoms with Crippen LogP contribution in [0.3, 0.4) is 0 Å². The molecule has 0 aliphatic carbocycles. The number of piperidine rings is 1. The van der Waals surface area contributed by atoms with Crippen LogP contribution in [-0.2, 0) is 31.6 Å². The lowest BCUT2D eigenvalue weighted by atomic mass is 9.72. The predicted molar refractivity (Wildman–Crippen MR) is 128 cm³/mol. The molecule has 2 heterocycles. The van der Waals surface area contributed by atoms with E-state index in [-0.39, 0.29) is 35.2 Å². The Balaban J connectivity index is 1.41. The number of benzene rings is 2. The Morgan fingerprint density at radius 1 is 1.06 bits per heavy atom. The largest absolute Gasteiger partial charge is 0.468 e. The van der Waals surface area contributed by atoms with Crippen LogP contribution in [-0.4, -0.2) is 26.1 Å². The monoisotopic (exact) mass is 495 g/mol. The summed E-state index contributed by atoms with van der Waals surface area (Å²) in [6, 6.07) is 15.9. The molecule has 0 radical (unpaired) electrons. The number of carbonyl (C=O) groups is 3. The molecule has 182 valence electrons. The van der Waals surface area contributed by atoms with Gasteiger partial charge in [0.2, 0.25) is 21.8 Å². The standard InChI is InChI=1S/C25H25N3O6S/c1-2-25(14-13-22(29)28-24(25)31)18-7-9-19(10-8-18)27-23(30)17-5-11-21(12-6-17)35(32,33)26-16-20-4-3-15-34-20/h3-12,15,26H,2,13-14,16H2,1H3,(H,27,30)(H,28,29,31). The number of hydrogen-bond donors (Lipinski definition) is 3. The molecule has 0 bridgehead atoms. The van der Waals surface area contributed by atoms with E-state index < -0.39 is 21.3 Å². The number of carbonyl (C=O) groups excluding carboxylic acids is 3. The summed E-state index contributed by atoms with van der Waals surface area (Å²) in [5, 5.41) is 5.19. The highest BCUT2D eigenvalue weighted by Crippen LogP contribution is 2.36. The lowest BCUT2D eigenvalue weighted by Gasteiger charge is -2.35. The number of amides is 3. The summed E-state index contributed by atoms with van der Waals surface area (Å²) < 4.78 is 32.5. The molecule has 35 heavy (non-hydrogen) atoms. The van der Waals surface area contributed by atoms with E-state index in [9.17, 15) is 22.8 Å². The van der Waals surface area contributed by atoms with Crippen molar-refractivity contribution in [2.75, 3.05) is 5.32 Å². The molecule has 9 nitrogen and oxygen atoms in total. The molecule has 10 heteroatoms. The van der Waals surface area contributed by atoms with Gasteiger partial charge >= 0.3 is 0 Å². The molecule has 1 aliphatic heterocycles. The van der Waals surface area contributed by atoms with Crippen molar-refractivity contribution in [3.8, 4) is 0 Å². The first-order valence-electron chi connectivity index (χ1n) is 11.1. The molecule has 4 rings (SSSR count). The van der Waals surface area contributed by atoms with Gasteiger partial charge < -0.3 is 9.73 Å². The van der Waals surface area contributed by atoms with Crippen molar-refractivity contribution in [3.05, 3.63) is 83.8 Å². The third-order valence-corrected chi connectivity index (χ3v) is 7.63. The van der Waals surface area contributed by atoms with Crippen molar-refractivity contribution in [1.29, 1.82) is 0 Å². The molecule has 0 spiro atoms. The minimum absolute atomic E-state index is 0.0187. The van der Waals surface area contributed by atoms with Gasteiger partial charge in [0, 0.05) is 17.7 Å². The summed E-state index contributed by atoms with van der Waals surface area (Å²) in [5.74, 6) is -0.494. The van der Waals surface area contributed by atoms with Crippen molar-refractivity contribution >= 4 is 33.4 Å². The number of sulfonamides is 1. The summed E-state index contributed by atoms with van der Waals surface area (Å²) in [6.45, 7) is 1.92. The summed E-state index contributed by atoms with van der Waals surface area (Å²) in [5.41, 5.74) is 0.811. The Bertz CT molecular complexity index is 1330. The van der Waals surface area contributed by atoms with Gasteiger partial charge in [-0.2, -0.15) is 0 Å². The summed E-state index contributed by atoms with van der Waals surface area (Å²) in [7, 11) is -3.77. The molecule has 1 saturated heterocycles. The fourth-order valence-electron chi connectivity index (χ4n) is 4.09. The van der Waals surface area contributed by atoms with Crippen molar-refractivity contribution in [2.45, 2.75) is 43.0 Å². The number of anilines is 1. The Morgan fingerprint density at radius 3 is 2.37 bits per heavy atom. The van der Waals surface area contributed by atoms with Gasteiger partial charge in [0.25, 0.3) is 5.91 Å². The Hall–Kier alpha value is -3.76. The number of nitrogens with one attached hydrogen (secondary N) is 3. The second-order valence-corrected chi connectivity index (χ2v) is 10.0. The average molecular weight is 496 g/mol. The average Bonchev–Trinajstić information content (AvgIpc) is 3.38. The molecule has 1 aromatic heterocycles. The molecule has 1 atom stereocenters. The zero-order valence-corrected chi connectivity index (χ0v) is 19.9. The van der Waals surface area contributed by atoms with Gasteiger partial charge in [-0.25, -0.2) is 13.1 Å². The highest BCUT2D eigenvalue weighted by Gasteiger charge is 2.42. The second kappa shape index (κ2) is 9.85. The van der Waals surface area contributed by atoms with Gasteiger partial charge in [0.1, 0.15) is 5.76 Å². The molecule has 1 unspecified atom stereocenters. The maximum absolute atomic E-state index is 12.7. The molecular formula is C25H25N3O6S. The normalized spacial score (nSPS) is 18.2. The second-order valence-electron chi connectivity index (χ2n) is 8.27. The van der Waals surface area contributed by atoms with Crippen LogP contribution >= 0.6 is 0 Å². The Labute approximate surface area is 203 Å². The summed E-state index contributed by atoms with van der Waals surface area (Å²) in [6.07, 6.45) is 2.72. The van der Waals surface area contributed by atoms with Crippen molar-refractivity contribution in [1.82, 2.24) is 10.0 Å². The van der Waals surface area contributed by atoms with Crippen LogP contribution in [0, 0.1) is 0 Å². The van der Waals surface area contributed by atoms with E-state index >= 15 is 0 Å². The zero-order valence-electron chi connectivity index (χ0n) is 19.0. The van der Waals surface area contributed by atoms with Gasteiger partial charge in [-0.15, -0.1) is 0 Å². The summed E-state index contributed by atoms with van der Waals surface area (Å²) in [4.78, 5) is 36.8. The minimum Gasteiger partial charge on any atom is -0.468 e. The van der Waals surface area contributed by atoms with Gasteiger partial charge in [0.15, 0.2) is 0 Å². The molecular weight excluding hydrogens is 470 g/mol. The first-order valence-corrected chi connectivity index (χ1v) is 12.6. The van der Waals surface area contributed by atoms with Crippen molar-refractivity contribution in [2.24, 2.45) is 0 Å². The fourth-order valence-corrected chi connectivity index (χ4v) is 5.08. The van der Waals surface area contributed by atoms with E-state index in [1.807, 2.05) is 6.92 Å². The molecule has 3 aromatic rings. The van der Waals surface area contributed by atoms with E-state index in [4.69, 9.17) is 4.42 Å². The van der Waals surface area contributed by atoms with E-state index in [1.165, 1.54) is 30.5 Å². The van der Waals surface area contributed by atoms with E-state index in [1.54, 1.807) is 36.4 Å². The lowest BCUT2D eigenvalue weighted by molar-refractivity contribution is -0.138. The highest BCUT2D eigenvalue weighted by molar-refractivity contribution is 7.89. The third-order valence-electron chi connectivity index (χ3n) is 6.21. The van der Waals surface area contributed by atoms with Gasteiger partial charge in [0.05, 0.1) is 23.1 Å². The SMILES string of the molecule is CCC1(c2ccc(NC(=O)c3ccc(S(=O)(=O)NCc4ccco4)cc3)cc2)CCC(=O)NC1=O. The van der Waals surface area contributed by atoms with E-state index in [0.29, 0.717) is 24.3 Å². The van der Waals surface area contributed by atoms with Crippen LogP contribution in [0.5, 0.6) is 0 Å². The summed E-state index contributed by atoms with van der Waals surface area (Å²) >= 11 is 0. The van der Waals surface area contributed by atoms with Crippen LogP contribution in [0.1, 0.15) is 47.9 Å². The lowest BCUT2D eigenvalue weighted by Crippen LogP contribution is -2.51. The zero-order chi connectivity index (χ0) is 25.1. The topological polar surface area (TPSA) is 135 Å². The van der Waals surface area contributed by atoms with Gasteiger partial charge in [-0.1, -0.05) is 19.1 Å². The van der Waals surface area contributed by atoms with Crippen molar-refractivity contribution in [3.63, 3.8) is 0 Å². The molecule has 1 aliphatic rings. The van der Waals surface area contributed by atoms with E-state index in [0.717, 1.165) is 5.56 Å². The number of imide groups is 1. The van der Waals surface area contributed by atoms with Gasteiger partial charge in [-0.3, -0.25) is 19.7 Å². The Kier molecular flexibility index (Phi) is 6.86. The van der Waals surface area contributed by atoms with Crippen LogP contribution in [0.4, 0.5) is 5.69 Å². The van der Waals surface area contributed by atoms with Crippen LogP contribution in [0.25, 0.3) is 0 Å².